The van der Waals surface area contributed by atoms with Gasteiger partial charge in [-0.3, -0.25) is 0 Å². The number of rotatable bonds is 6. The first-order valence-electron chi connectivity index (χ1n) is 21.6. The summed E-state index contributed by atoms with van der Waals surface area (Å²) in [5, 5.41) is 10.1. The molecule has 0 atom stereocenters. The highest BCUT2D eigenvalue weighted by molar-refractivity contribution is 7.21. The molecule has 3 aromatic heterocycles. The zero-order valence-electron chi connectivity index (χ0n) is 34.2. The van der Waals surface area contributed by atoms with Crippen LogP contribution in [0.25, 0.3) is 88.8 Å². The van der Waals surface area contributed by atoms with E-state index in [9.17, 15) is 0 Å². The summed E-state index contributed by atoms with van der Waals surface area (Å²) in [6.07, 6.45) is 0. The molecule has 13 rings (SSSR count). The molecule has 4 heterocycles. The Morgan fingerprint density at radius 1 is 0.365 bits per heavy atom. The summed E-state index contributed by atoms with van der Waals surface area (Å²) in [5.74, 6) is 0.741. The van der Waals surface area contributed by atoms with Crippen molar-refractivity contribution in [2.45, 2.75) is 0 Å². The number of aromatic nitrogens is 4. The third-order valence-electron chi connectivity index (χ3n) is 13.2. The number of hydrogen-bond acceptors (Lipinski definition) is 2. The molecular weight excluding hydrogens is 781 g/mol. The van der Waals surface area contributed by atoms with Crippen molar-refractivity contribution in [2.24, 2.45) is 0 Å². The van der Waals surface area contributed by atoms with Crippen LogP contribution < -0.4 is 20.9 Å². The van der Waals surface area contributed by atoms with Crippen LogP contribution in [0.3, 0.4) is 0 Å². The third kappa shape index (κ3) is 5.14. The van der Waals surface area contributed by atoms with Gasteiger partial charge >= 0.3 is 0 Å². The molecule has 0 radical (unpaired) electrons. The molecule has 63 heavy (non-hydrogen) atoms. The van der Waals surface area contributed by atoms with Crippen LogP contribution >= 0.6 is 0 Å². The number of hydrogen-bond donors (Lipinski definition) is 0. The summed E-state index contributed by atoms with van der Waals surface area (Å²) < 4.78 is 4.87. The van der Waals surface area contributed by atoms with Crippen LogP contribution in [-0.4, -0.2) is 27.2 Å². The van der Waals surface area contributed by atoms with Gasteiger partial charge in [0, 0.05) is 49.6 Å². The van der Waals surface area contributed by atoms with Crippen LogP contribution in [0.15, 0.2) is 231 Å². The van der Waals surface area contributed by atoms with E-state index in [0.717, 1.165) is 44.9 Å². The van der Waals surface area contributed by atoms with E-state index in [2.05, 4.69) is 240 Å². The molecule has 0 unspecified atom stereocenters. The van der Waals surface area contributed by atoms with E-state index in [1.165, 1.54) is 64.7 Å². The van der Waals surface area contributed by atoms with Crippen molar-refractivity contribution in [3.8, 4) is 45.1 Å². The fraction of sp³-hybridized carbons (Fsp3) is 0. The van der Waals surface area contributed by atoms with Crippen LogP contribution in [0.4, 0.5) is 0 Å². The lowest BCUT2D eigenvalue weighted by Crippen LogP contribution is -2.73. The molecule has 0 amide bonds. The molecule has 0 saturated heterocycles. The standard InChI is InChI=1S/C58H38N4Si/c1-5-19-40(20-6-1)57-59-55(54-48-29-15-18-32-52(48)63(58(54)60-57,43-23-9-3-10-24-43)44-25-11-4-12-26-44)39-33-35-42(36-34-39)61-50-31-17-14-28-47(50)53-51(61)38-37-46-45-27-13-16-30-49(45)62(56(46)53)41-21-7-2-8-22-41/h1-38H. The van der Waals surface area contributed by atoms with Crippen molar-refractivity contribution in [3.63, 3.8) is 0 Å². The van der Waals surface area contributed by atoms with Gasteiger partial charge in [-0.15, -0.1) is 0 Å². The molecule has 0 fully saturated rings. The normalized spacial score (nSPS) is 12.9. The predicted octanol–water partition coefficient (Wildman–Crippen LogP) is 11.4. The van der Waals surface area contributed by atoms with Gasteiger partial charge in [0.05, 0.1) is 33.1 Å². The molecule has 12 aromatic rings. The van der Waals surface area contributed by atoms with Crippen LogP contribution in [-0.2, 0) is 0 Å². The lowest BCUT2D eigenvalue weighted by molar-refractivity contribution is 1.17. The quantitative estimate of drug-likeness (QED) is 0.157. The van der Waals surface area contributed by atoms with Gasteiger partial charge in [0.15, 0.2) is 5.82 Å². The maximum atomic E-state index is 5.67. The highest BCUT2D eigenvalue weighted by Crippen LogP contribution is 2.43. The minimum absolute atomic E-state index is 0.741. The second-order valence-electron chi connectivity index (χ2n) is 16.5. The van der Waals surface area contributed by atoms with Gasteiger partial charge in [-0.05, 0) is 63.6 Å². The van der Waals surface area contributed by atoms with Gasteiger partial charge in [0.2, 0.25) is 8.07 Å². The van der Waals surface area contributed by atoms with Gasteiger partial charge in [0.1, 0.15) is 0 Å². The first kappa shape index (κ1) is 35.6. The SMILES string of the molecule is c1ccc(-c2nc(-c3ccc(-n4c5ccccc5c5c4ccc4c6ccccc6n(-c6ccccc6)c45)cc3)c3c(n2)[Si](c2ccccc2)(c2ccccc2)c2ccccc2-3)cc1. The van der Waals surface area contributed by atoms with Gasteiger partial charge in [-0.1, -0.05) is 188 Å². The smallest absolute Gasteiger partial charge is 0.203 e. The molecule has 0 N–H and O–H groups in total. The topological polar surface area (TPSA) is 35.6 Å². The average molecular weight is 819 g/mol. The van der Waals surface area contributed by atoms with Crippen molar-refractivity contribution in [1.82, 2.24) is 19.1 Å². The van der Waals surface area contributed by atoms with E-state index in [4.69, 9.17) is 9.97 Å². The van der Waals surface area contributed by atoms with Crippen molar-refractivity contribution >= 4 is 72.6 Å². The van der Waals surface area contributed by atoms with Gasteiger partial charge < -0.3 is 9.13 Å². The maximum absolute atomic E-state index is 5.67. The first-order valence-corrected chi connectivity index (χ1v) is 23.6. The molecule has 0 saturated carbocycles. The van der Waals surface area contributed by atoms with E-state index < -0.39 is 8.07 Å². The number of para-hydroxylation sites is 3. The highest BCUT2D eigenvalue weighted by Gasteiger charge is 2.51. The summed E-state index contributed by atoms with van der Waals surface area (Å²) >= 11 is 0. The van der Waals surface area contributed by atoms with Crippen LogP contribution in [0.2, 0.25) is 0 Å². The Hall–Kier alpha value is -8.12. The molecule has 9 aromatic carbocycles. The third-order valence-corrected chi connectivity index (χ3v) is 17.9. The predicted molar refractivity (Wildman–Crippen MR) is 264 cm³/mol. The lowest BCUT2D eigenvalue weighted by atomic mass is 10.00. The van der Waals surface area contributed by atoms with Crippen molar-refractivity contribution in [2.75, 3.05) is 0 Å². The van der Waals surface area contributed by atoms with E-state index >= 15 is 0 Å². The van der Waals surface area contributed by atoms with E-state index in [1.54, 1.807) is 0 Å². The number of fused-ring (bicyclic) bond motifs is 10. The fourth-order valence-electron chi connectivity index (χ4n) is 10.6. The second kappa shape index (κ2) is 14.0. The van der Waals surface area contributed by atoms with Crippen LogP contribution in [0.1, 0.15) is 0 Å². The minimum atomic E-state index is -2.89. The second-order valence-corrected chi connectivity index (χ2v) is 20.1. The summed E-state index contributed by atoms with van der Waals surface area (Å²) in [6, 6.07) is 83.7. The summed E-state index contributed by atoms with van der Waals surface area (Å²) in [5.41, 5.74) is 12.4. The Balaban J connectivity index is 1.06. The average Bonchev–Trinajstić information content (AvgIpc) is 3.99. The lowest BCUT2D eigenvalue weighted by Gasteiger charge is -2.30. The van der Waals surface area contributed by atoms with Gasteiger partial charge in [-0.2, -0.15) is 0 Å². The van der Waals surface area contributed by atoms with Crippen molar-refractivity contribution in [1.29, 1.82) is 0 Å². The van der Waals surface area contributed by atoms with Crippen molar-refractivity contribution < 1.29 is 0 Å². The van der Waals surface area contributed by atoms with Gasteiger partial charge in [-0.25, -0.2) is 9.97 Å². The zero-order valence-corrected chi connectivity index (χ0v) is 35.2. The number of nitrogens with zero attached hydrogens (tertiary/aromatic N) is 4. The fourth-order valence-corrected chi connectivity index (χ4v) is 15.6. The summed E-state index contributed by atoms with van der Waals surface area (Å²) in [6.45, 7) is 0. The molecule has 4 nitrogen and oxygen atoms in total. The Morgan fingerprint density at radius 2 is 0.921 bits per heavy atom. The van der Waals surface area contributed by atoms with Crippen molar-refractivity contribution in [3.05, 3.63) is 231 Å². The molecule has 1 aliphatic heterocycles. The molecule has 5 heteroatoms. The summed E-state index contributed by atoms with van der Waals surface area (Å²) in [4.78, 5) is 11.2. The minimum Gasteiger partial charge on any atom is -0.309 e. The van der Waals surface area contributed by atoms with Crippen LogP contribution in [0, 0.1) is 0 Å². The number of benzene rings is 9. The Kier molecular flexibility index (Phi) is 7.89. The molecule has 0 aliphatic carbocycles. The Labute approximate surface area is 365 Å². The van der Waals surface area contributed by atoms with E-state index in [-0.39, 0.29) is 0 Å². The Bertz CT molecular complexity index is 3670. The maximum Gasteiger partial charge on any atom is 0.203 e. The monoisotopic (exact) mass is 818 g/mol. The van der Waals surface area contributed by atoms with Crippen LogP contribution in [0.5, 0.6) is 0 Å². The molecule has 1 aliphatic rings. The largest absolute Gasteiger partial charge is 0.309 e. The molecular formula is C58H38N4Si. The molecule has 0 spiro atoms. The van der Waals surface area contributed by atoms with Gasteiger partial charge in [0.25, 0.3) is 0 Å². The first-order chi connectivity index (χ1) is 31.3. The summed E-state index contributed by atoms with van der Waals surface area (Å²) in [7, 11) is -2.89. The van der Waals surface area contributed by atoms with E-state index in [0.29, 0.717) is 0 Å². The zero-order chi connectivity index (χ0) is 41.5. The molecule has 294 valence electrons. The van der Waals surface area contributed by atoms with E-state index in [1.807, 2.05) is 0 Å². The highest BCUT2D eigenvalue weighted by atomic mass is 28.3. The molecule has 0 bridgehead atoms. The Morgan fingerprint density at radius 3 is 1.62 bits per heavy atom.